The molecular formula is C13H28N2O2. The van der Waals surface area contributed by atoms with Gasteiger partial charge in [0.2, 0.25) is 0 Å². The van der Waals surface area contributed by atoms with Gasteiger partial charge < -0.3 is 9.64 Å². The van der Waals surface area contributed by atoms with Crippen molar-refractivity contribution in [3.8, 4) is 0 Å². The number of carbonyl (C=O) groups is 1. The monoisotopic (exact) mass is 244 g/mol. The molecule has 1 atom stereocenters. The molecule has 0 spiro atoms. The van der Waals surface area contributed by atoms with E-state index >= 15 is 0 Å². The van der Waals surface area contributed by atoms with Crippen LogP contribution in [0.5, 0.6) is 0 Å². The number of hydrogen-bond donors (Lipinski definition) is 0. The predicted octanol–water partition coefficient (Wildman–Crippen LogP) is 1.60. The van der Waals surface area contributed by atoms with E-state index in [0.717, 1.165) is 32.7 Å². The Hall–Kier alpha value is -0.610. The minimum absolute atomic E-state index is 0.0944. The Morgan fingerprint density at radius 2 is 1.53 bits per heavy atom. The van der Waals surface area contributed by atoms with Crippen LogP contribution >= 0.6 is 0 Å². The van der Waals surface area contributed by atoms with Crippen LogP contribution in [0.25, 0.3) is 0 Å². The maximum Gasteiger partial charge on any atom is 0.324 e. The highest BCUT2D eigenvalue weighted by Gasteiger charge is 2.26. The van der Waals surface area contributed by atoms with Gasteiger partial charge in [-0.2, -0.15) is 0 Å². The van der Waals surface area contributed by atoms with E-state index in [1.165, 1.54) is 0 Å². The van der Waals surface area contributed by atoms with Crippen molar-refractivity contribution in [3.63, 3.8) is 0 Å². The summed E-state index contributed by atoms with van der Waals surface area (Å²) in [6.07, 6.45) is 0. The average Bonchev–Trinajstić information content (AvgIpc) is 2.35. The van der Waals surface area contributed by atoms with Gasteiger partial charge in [-0.25, -0.2) is 0 Å². The topological polar surface area (TPSA) is 32.8 Å². The number of carbonyl (C=O) groups excluding carboxylic acids is 1. The van der Waals surface area contributed by atoms with E-state index in [4.69, 9.17) is 4.74 Å². The summed E-state index contributed by atoms with van der Waals surface area (Å²) in [5.74, 6) is -0.0944. The van der Waals surface area contributed by atoms with E-state index < -0.39 is 0 Å². The summed E-state index contributed by atoms with van der Waals surface area (Å²) in [4.78, 5) is 16.4. The molecule has 0 aromatic rings. The fourth-order valence-electron chi connectivity index (χ4n) is 1.97. The molecule has 0 aliphatic heterocycles. The largest absolute Gasteiger partial charge is 0.465 e. The van der Waals surface area contributed by atoms with Gasteiger partial charge in [-0.15, -0.1) is 0 Å². The van der Waals surface area contributed by atoms with Crippen LogP contribution in [0.3, 0.4) is 0 Å². The molecule has 0 radical (unpaired) electrons. The molecule has 4 heteroatoms. The molecule has 4 nitrogen and oxygen atoms in total. The highest BCUT2D eigenvalue weighted by atomic mass is 16.5. The number of hydrogen-bond acceptors (Lipinski definition) is 4. The molecule has 0 amide bonds. The number of rotatable bonds is 9. The van der Waals surface area contributed by atoms with Gasteiger partial charge in [0.1, 0.15) is 6.04 Å². The number of nitrogens with zero attached hydrogens (tertiary/aromatic N) is 2. The molecule has 0 aromatic heterocycles. The van der Waals surface area contributed by atoms with Crippen LogP contribution in [0.1, 0.15) is 34.6 Å². The zero-order chi connectivity index (χ0) is 13.3. The first-order valence-electron chi connectivity index (χ1n) is 6.77. The summed E-state index contributed by atoms with van der Waals surface area (Å²) in [5.41, 5.74) is 0. The summed E-state index contributed by atoms with van der Waals surface area (Å²) in [6.45, 7) is 15.2. The summed E-state index contributed by atoms with van der Waals surface area (Å²) >= 11 is 0. The van der Waals surface area contributed by atoms with E-state index in [9.17, 15) is 4.79 Å². The van der Waals surface area contributed by atoms with Crippen molar-refractivity contribution in [2.45, 2.75) is 40.7 Å². The summed E-state index contributed by atoms with van der Waals surface area (Å²) in [7, 11) is 0. The quantitative estimate of drug-likeness (QED) is 0.577. The smallest absolute Gasteiger partial charge is 0.324 e. The SMILES string of the molecule is CCOC(=O)C(CN(CC)CC)N(CC)CC. The van der Waals surface area contributed by atoms with Gasteiger partial charge in [-0.05, 0) is 33.1 Å². The van der Waals surface area contributed by atoms with Crippen molar-refractivity contribution in [3.05, 3.63) is 0 Å². The first-order chi connectivity index (χ1) is 8.14. The van der Waals surface area contributed by atoms with Crippen molar-refractivity contribution in [1.29, 1.82) is 0 Å². The minimum atomic E-state index is -0.134. The molecule has 0 bridgehead atoms. The maximum atomic E-state index is 12.0. The van der Waals surface area contributed by atoms with E-state index in [2.05, 4.69) is 37.5 Å². The molecule has 0 fully saturated rings. The number of ether oxygens (including phenoxy) is 1. The molecule has 0 aromatic carbocycles. The third kappa shape index (κ3) is 5.50. The molecule has 0 saturated carbocycles. The zero-order valence-electron chi connectivity index (χ0n) is 12.0. The van der Waals surface area contributed by atoms with E-state index in [1.807, 2.05) is 6.92 Å². The van der Waals surface area contributed by atoms with Gasteiger partial charge >= 0.3 is 5.97 Å². The van der Waals surface area contributed by atoms with Crippen molar-refractivity contribution >= 4 is 5.97 Å². The highest BCUT2D eigenvalue weighted by Crippen LogP contribution is 2.05. The lowest BCUT2D eigenvalue weighted by molar-refractivity contribution is -0.150. The average molecular weight is 244 g/mol. The lowest BCUT2D eigenvalue weighted by atomic mass is 10.2. The lowest BCUT2D eigenvalue weighted by Crippen LogP contribution is -2.49. The molecular weight excluding hydrogens is 216 g/mol. The van der Waals surface area contributed by atoms with Crippen LogP contribution in [0.15, 0.2) is 0 Å². The van der Waals surface area contributed by atoms with Crippen molar-refractivity contribution < 1.29 is 9.53 Å². The number of esters is 1. The lowest BCUT2D eigenvalue weighted by Gasteiger charge is -2.31. The molecule has 1 unspecified atom stereocenters. The Kier molecular flexibility index (Phi) is 9.09. The van der Waals surface area contributed by atoms with Crippen LogP contribution in [-0.4, -0.2) is 61.1 Å². The minimum Gasteiger partial charge on any atom is -0.465 e. The van der Waals surface area contributed by atoms with Gasteiger partial charge in [-0.3, -0.25) is 9.69 Å². The second kappa shape index (κ2) is 9.42. The van der Waals surface area contributed by atoms with Gasteiger partial charge in [-0.1, -0.05) is 27.7 Å². The van der Waals surface area contributed by atoms with Crippen molar-refractivity contribution in [2.24, 2.45) is 0 Å². The molecule has 0 saturated heterocycles. The Bertz CT molecular complexity index is 202. The molecule has 0 aliphatic rings. The fraction of sp³-hybridized carbons (Fsp3) is 0.923. The van der Waals surface area contributed by atoms with Crippen LogP contribution < -0.4 is 0 Å². The summed E-state index contributed by atoms with van der Waals surface area (Å²) < 4.78 is 5.17. The van der Waals surface area contributed by atoms with Gasteiger partial charge in [0.15, 0.2) is 0 Å². The summed E-state index contributed by atoms with van der Waals surface area (Å²) in [6, 6.07) is -0.134. The number of likely N-dealkylation sites (N-methyl/N-ethyl adjacent to an activating group) is 2. The highest BCUT2D eigenvalue weighted by molar-refractivity contribution is 5.76. The molecule has 0 rings (SSSR count). The van der Waals surface area contributed by atoms with Crippen molar-refractivity contribution in [1.82, 2.24) is 9.80 Å². The predicted molar refractivity (Wildman–Crippen MR) is 71.1 cm³/mol. The van der Waals surface area contributed by atoms with Crippen molar-refractivity contribution in [2.75, 3.05) is 39.3 Å². The Balaban J connectivity index is 4.64. The first-order valence-corrected chi connectivity index (χ1v) is 6.77. The van der Waals surface area contributed by atoms with Gasteiger partial charge in [0, 0.05) is 6.54 Å². The molecule has 17 heavy (non-hydrogen) atoms. The van der Waals surface area contributed by atoms with E-state index in [0.29, 0.717) is 6.61 Å². The Labute approximate surface area is 106 Å². The Morgan fingerprint density at radius 1 is 1.00 bits per heavy atom. The molecule has 0 aliphatic carbocycles. The van der Waals surface area contributed by atoms with Gasteiger partial charge in [0.25, 0.3) is 0 Å². The first kappa shape index (κ1) is 16.4. The standard InChI is InChI=1S/C13H28N2O2/c1-6-14(7-2)11-12(13(16)17-10-5)15(8-3)9-4/h12H,6-11H2,1-5H3. The molecule has 0 heterocycles. The third-order valence-corrected chi connectivity index (χ3v) is 3.14. The zero-order valence-corrected chi connectivity index (χ0v) is 12.0. The normalized spacial score (nSPS) is 13.1. The summed E-state index contributed by atoms with van der Waals surface area (Å²) in [5, 5.41) is 0. The molecule has 102 valence electrons. The van der Waals surface area contributed by atoms with E-state index in [-0.39, 0.29) is 12.0 Å². The Morgan fingerprint density at radius 3 is 1.88 bits per heavy atom. The van der Waals surface area contributed by atoms with Crippen LogP contribution in [0, 0.1) is 0 Å². The van der Waals surface area contributed by atoms with Crippen LogP contribution in [0.2, 0.25) is 0 Å². The second-order valence-corrected chi connectivity index (χ2v) is 3.97. The van der Waals surface area contributed by atoms with Gasteiger partial charge in [0.05, 0.1) is 6.61 Å². The maximum absolute atomic E-state index is 12.0. The fourth-order valence-corrected chi connectivity index (χ4v) is 1.97. The second-order valence-electron chi connectivity index (χ2n) is 3.97. The van der Waals surface area contributed by atoms with Crippen LogP contribution in [0.4, 0.5) is 0 Å². The molecule has 0 N–H and O–H groups in total. The van der Waals surface area contributed by atoms with E-state index in [1.54, 1.807) is 0 Å². The van der Waals surface area contributed by atoms with Crippen LogP contribution in [-0.2, 0) is 9.53 Å². The third-order valence-electron chi connectivity index (χ3n) is 3.14.